The summed E-state index contributed by atoms with van der Waals surface area (Å²) in [6.45, 7) is 0. The van der Waals surface area contributed by atoms with Gasteiger partial charge in [0.15, 0.2) is 5.17 Å². The van der Waals surface area contributed by atoms with Crippen molar-refractivity contribution in [3.63, 3.8) is 0 Å². The number of hydrogen-bond acceptors (Lipinski definition) is 4. The fraction of sp³-hybridized carbons (Fsp3) is 0.0588. The van der Waals surface area contributed by atoms with Gasteiger partial charge in [0.2, 0.25) is 0 Å². The van der Waals surface area contributed by atoms with Crippen molar-refractivity contribution in [2.24, 2.45) is 4.99 Å². The minimum Gasteiger partial charge on any atom is -0.496 e. The van der Waals surface area contributed by atoms with E-state index < -0.39 is 0 Å². The first-order chi connectivity index (χ1) is 11.2. The Kier molecular flexibility index (Phi) is 5.02. The average molecular weight is 436 g/mol. The predicted octanol–water partition coefficient (Wildman–Crippen LogP) is 4.19. The third kappa shape index (κ3) is 3.94. The molecule has 0 atom stereocenters. The van der Waals surface area contributed by atoms with E-state index in [4.69, 9.17) is 4.74 Å². The predicted molar refractivity (Wildman–Crippen MR) is 103 cm³/mol. The highest BCUT2D eigenvalue weighted by Gasteiger charge is 2.24. The lowest BCUT2D eigenvalue weighted by Crippen LogP contribution is -2.19. The van der Waals surface area contributed by atoms with Crippen LogP contribution in [0.15, 0.2) is 58.4 Å². The quantitative estimate of drug-likeness (QED) is 0.580. The van der Waals surface area contributed by atoms with Gasteiger partial charge in [0.05, 0.1) is 17.7 Å². The molecule has 3 rings (SSSR count). The van der Waals surface area contributed by atoms with Gasteiger partial charge in [0, 0.05) is 9.13 Å². The summed E-state index contributed by atoms with van der Waals surface area (Å²) in [5.74, 6) is 0.585. The Morgan fingerprint density at radius 1 is 1.17 bits per heavy atom. The van der Waals surface area contributed by atoms with Crippen LogP contribution in [0.3, 0.4) is 0 Å². The third-order valence-electron chi connectivity index (χ3n) is 3.13. The van der Waals surface area contributed by atoms with E-state index in [0.717, 1.165) is 20.6 Å². The second kappa shape index (κ2) is 7.18. The highest BCUT2D eigenvalue weighted by molar-refractivity contribution is 14.1. The number of amidine groups is 1. The highest BCUT2D eigenvalue weighted by atomic mass is 127. The molecule has 1 saturated heterocycles. The van der Waals surface area contributed by atoms with Crippen LogP contribution >= 0.6 is 34.4 Å². The zero-order chi connectivity index (χ0) is 16.2. The second-order valence-corrected chi connectivity index (χ2v) is 6.98. The average Bonchev–Trinajstić information content (AvgIpc) is 2.90. The number of rotatable bonds is 3. The molecule has 1 aliphatic rings. The van der Waals surface area contributed by atoms with Crippen molar-refractivity contribution in [3.8, 4) is 5.75 Å². The maximum Gasteiger partial charge on any atom is 0.264 e. The van der Waals surface area contributed by atoms with Crippen LogP contribution in [-0.2, 0) is 4.79 Å². The molecule has 0 aromatic heterocycles. The van der Waals surface area contributed by atoms with Crippen molar-refractivity contribution in [1.82, 2.24) is 5.32 Å². The van der Waals surface area contributed by atoms with E-state index in [9.17, 15) is 4.79 Å². The van der Waals surface area contributed by atoms with E-state index in [2.05, 4.69) is 32.9 Å². The summed E-state index contributed by atoms with van der Waals surface area (Å²) >= 11 is 3.57. The molecule has 2 aromatic carbocycles. The summed E-state index contributed by atoms with van der Waals surface area (Å²) in [6.07, 6.45) is 1.81. The molecule has 23 heavy (non-hydrogen) atoms. The van der Waals surface area contributed by atoms with Crippen molar-refractivity contribution in [2.75, 3.05) is 7.11 Å². The van der Waals surface area contributed by atoms with Gasteiger partial charge < -0.3 is 10.1 Å². The van der Waals surface area contributed by atoms with E-state index in [1.165, 1.54) is 11.8 Å². The minimum atomic E-state index is -0.148. The summed E-state index contributed by atoms with van der Waals surface area (Å²) < 4.78 is 6.45. The van der Waals surface area contributed by atoms with Crippen LogP contribution in [0.1, 0.15) is 5.56 Å². The van der Waals surface area contributed by atoms with Crippen molar-refractivity contribution in [3.05, 3.63) is 62.6 Å². The number of nitrogens with one attached hydrogen (secondary N) is 1. The molecule has 6 heteroatoms. The number of para-hydroxylation sites is 1. The largest absolute Gasteiger partial charge is 0.496 e. The van der Waals surface area contributed by atoms with Crippen LogP contribution < -0.4 is 10.1 Å². The number of halogens is 1. The second-order valence-electron chi connectivity index (χ2n) is 4.70. The van der Waals surface area contributed by atoms with Crippen molar-refractivity contribution < 1.29 is 9.53 Å². The molecule has 0 spiro atoms. The fourth-order valence-electron chi connectivity index (χ4n) is 2.04. The number of hydrogen-bond donors (Lipinski definition) is 1. The van der Waals surface area contributed by atoms with Gasteiger partial charge in [-0.1, -0.05) is 18.2 Å². The topological polar surface area (TPSA) is 50.7 Å². The number of carbonyl (C=O) groups is 1. The normalized spacial score (nSPS) is 17.6. The molecule has 2 aromatic rings. The lowest BCUT2D eigenvalue weighted by molar-refractivity contribution is -0.115. The molecular formula is C17H13IN2O2S. The number of thioether (sulfide) groups is 1. The Bertz CT molecular complexity index is 800. The van der Waals surface area contributed by atoms with Crippen LogP contribution in [-0.4, -0.2) is 18.2 Å². The molecule has 116 valence electrons. The molecule has 0 bridgehead atoms. The number of carbonyl (C=O) groups excluding carboxylic acids is 1. The summed E-state index contributed by atoms with van der Waals surface area (Å²) in [5.41, 5.74) is 1.68. The van der Waals surface area contributed by atoms with Gasteiger partial charge in [-0.3, -0.25) is 4.79 Å². The number of nitrogens with zero attached hydrogens (tertiary/aromatic N) is 1. The van der Waals surface area contributed by atoms with Crippen LogP contribution in [0.2, 0.25) is 0 Å². The maximum atomic E-state index is 12.1. The summed E-state index contributed by atoms with van der Waals surface area (Å²) in [5, 5.41) is 3.37. The van der Waals surface area contributed by atoms with E-state index in [0.29, 0.717) is 10.1 Å². The molecule has 1 aliphatic heterocycles. The van der Waals surface area contributed by atoms with E-state index in [-0.39, 0.29) is 5.91 Å². The van der Waals surface area contributed by atoms with Crippen molar-refractivity contribution in [1.29, 1.82) is 0 Å². The Morgan fingerprint density at radius 2 is 1.91 bits per heavy atom. The monoisotopic (exact) mass is 436 g/mol. The van der Waals surface area contributed by atoms with Gasteiger partial charge in [0.1, 0.15) is 5.75 Å². The van der Waals surface area contributed by atoms with Crippen LogP contribution in [0.4, 0.5) is 5.69 Å². The molecule has 4 nitrogen and oxygen atoms in total. The Hall–Kier alpha value is -1.80. The number of ether oxygens (including phenoxy) is 1. The SMILES string of the molecule is COc1ccccc1/C=C1/SC(=Nc2ccc(I)cc2)NC1=O. The maximum absolute atomic E-state index is 12.1. The molecule has 1 heterocycles. The lowest BCUT2D eigenvalue weighted by atomic mass is 10.2. The van der Waals surface area contributed by atoms with Crippen LogP contribution in [0, 0.1) is 3.57 Å². The van der Waals surface area contributed by atoms with Gasteiger partial charge >= 0.3 is 0 Å². The standard InChI is InChI=1S/C17H13IN2O2S/c1-22-14-5-3-2-4-11(14)10-15-16(21)20-17(23-15)19-13-8-6-12(18)7-9-13/h2-10H,1H3,(H,19,20,21)/b15-10+. The summed E-state index contributed by atoms with van der Waals surface area (Å²) in [7, 11) is 1.61. The van der Waals surface area contributed by atoms with E-state index in [1.807, 2.05) is 54.6 Å². The number of aliphatic imine (C=N–C) groups is 1. The summed E-state index contributed by atoms with van der Waals surface area (Å²) in [6, 6.07) is 15.4. The third-order valence-corrected chi connectivity index (χ3v) is 4.76. The van der Waals surface area contributed by atoms with E-state index >= 15 is 0 Å². The molecule has 0 radical (unpaired) electrons. The van der Waals surface area contributed by atoms with Gasteiger partial charge in [0.25, 0.3) is 5.91 Å². The Morgan fingerprint density at radius 3 is 2.65 bits per heavy atom. The number of benzene rings is 2. The molecule has 0 aliphatic carbocycles. The molecule has 1 N–H and O–H groups in total. The minimum absolute atomic E-state index is 0.148. The molecular weight excluding hydrogens is 423 g/mol. The first-order valence-electron chi connectivity index (χ1n) is 6.84. The van der Waals surface area contributed by atoms with Crippen LogP contribution in [0.25, 0.3) is 6.08 Å². The van der Waals surface area contributed by atoms with Gasteiger partial charge in [-0.2, -0.15) is 0 Å². The molecule has 0 saturated carbocycles. The fourth-order valence-corrected chi connectivity index (χ4v) is 3.23. The lowest BCUT2D eigenvalue weighted by Gasteiger charge is -2.03. The zero-order valence-corrected chi connectivity index (χ0v) is 15.2. The van der Waals surface area contributed by atoms with Gasteiger partial charge in [-0.05, 0) is 70.8 Å². The zero-order valence-electron chi connectivity index (χ0n) is 12.2. The van der Waals surface area contributed by atoms with Gasteiger partial charge in [-0.15, -0.1) is 0 Å². The molecule has 0 unspecified atom stereocenters. The summed E-state index contributed by atoms with van der Waals surface area (Å²) in [4.78, 5) is 17.2. The smallest absolute Gasteiger partial charge is 0.264 e. The first-order valence-corrected chi connectivity index (χ1v) is 8.73. The molecule has 1 amide bonds. The Balaban J connectivity index is 1.85. The Labute approximate surface area is 152 Å². The number of amides is 1. The highest BCUT2D eigenvalue weighted by Crippen LogP contribution is 2.30. The van der Waals surface area contributed by atoms with Crippen LogP contribution in [0.5, 0.6) is 5.75 Å². The van der Waals surface area contributed by atoms with Crippen molar-refractivity contribution in [2.45, 2.75) is 0 Å². The van der Waals surface area contributed by atoms with Gasteiger partial charge in [-0.25, -0.2) is 4.99 Å². The molecule has 1 fully saturated rings. The number of methoxy groups -OCH3 is 1. The van der Waals surface area contributed by atoms with Crippen molar-refractivity contribution >= 4 is 57.2 Å². The first kappa shape index (κ1) is 16.1. The van der Waals surface area contributed by atoms with E-state index in [1.54, 1.807) is 7.11 Å².